The zero-order chi connectivity index (χ0) is 24.7. The third-order valence-electron chi connectivity index (χ3n) is 7.35. The first kappa shape index (κ1) is 26.5. The average Bonchev–Trinajstić information content (AvgIpc) is 2.76. The van der Waals surface area contributed by atoms with Crippen LogP contribution in [0.4, 0.5) is 0 Å². The predicted molar refractivity (Wildman–Crippen MR) is 136 cm³/mol. The molecule has 1 aromatic rings. The fraction of sp³-hybridized carbons (Fsp3) is 0.741. The molecule has 0 aliphatic heterocycles. The number of likely N-dealkylation sites (N-methyl/N-ethyl adjacent to an activating group) is 1. The highest BCUT2D eigenvalue weighted by molar-refractivity contribution is 5.98. The number of carbonyl (C=O) groups excluding carboxylic acids is 2. The quantitative estimate of drug-likeness (QED) is 0.608. The molecule has 0 saturated heterocycles. The summed E-state index contributed by atoms with van der Waals surface area (Å²) in [4.78, 5) is 41.7. The van der Waals surface area contributed by atoms with E-state index in [0.29, 0.717) is 25.6 Å². The molecule has 190 valence electrons. The van der Waals surface area contributed by atoms with Crippen molar-refractivity contribution in [3.63, 3.8) is 0 Å². The van der Waals surface area contributed by atoms with Gasteiger partial charge in [0.15, 0.2) is 0 Å². The van der Waals surface area contributed by atoms with Crippen molar-refractivity contribution < 1.29 is 9.59 Å². The number of hydrogen-bond donors (Lipinski definition) is 2. The normalized spacial score (nSPS) is 17.6. The van der Waals surface area contributed by atoms with E-state index in [9.17, 15) is 14.4 Å². The Bertz CT molecular complexity index is 913. The Hall–Kier alpha value is -2.15. The summed E-state index contributed by atoms with van der Waals surface area (Å²) < 4.78 is 1.93. The summed E-state index contributed by atoms with van der Waals surface area (Å²) in [5.74, 6) is -0.213. The molecule has 3 rings (SSSR count). The lowest BCUT2D eigenvalue weighted by Gasteiger charge is -2.28. The molecule has 7 nitrogen and oxygen atoms in total. The van der Waals surface area contributed by atoms with Gasteiger partial charge in [0.05, 0.1) is 0 Å². The van der Waals surface area contributed by atoms with E-state index in [1.807, 2.05) is 29.6 Å². The molecule has 34 heavy (non-hydrogen) atoms. The summed E-state index contributed by atoms with van der Waals surface area (Å²) >= 11 is 0. The predicted octanol–water partition coefficient (Wildman–Crippen LogP) is 3.27. The van der Waals surface area contributed by atoms with Crippen molar-refractivity contribution in [2.45, 2.75) is 96.6 Å². The summed E-state index contributed by atoms with van der Waals surface area (Å²) in [5.41, 5.74) is 1.12. The lowest BCUT2D eigenvalue weighted by Crippen LogP contribution is -2.56. The fourth-order valence-corrected chi connectivity index (χ4v) is 5.24. The molecule has 0 spiro atoms. The molecule has 2 N–H and O–H groups in total. The molecule has 1 saturated carbocycles. The first-order chi connectivity index (χ1) is 16.2. The van der Waals surface area contributed by atoms with Crippen molar-refractivity contribution in [1.29, 1.82) is 0 Å². The third kappa shape index (κ3) is 6.94. The van der Waals surface area contributed by atoms with Gasteiger partial charge in [-0.25, -0.2) is 0 Å². The van der Waals surface area contributed by atoms with Crippen LogP contribution < -0.4 is 16.2 Å². The minimum Gasteiger partial charge on any atom is -0.353 e. The smallest absolute Gasteiger partial charge is 0.263 e. The van der Waals surface area contributed by atoms with Crippen LogP contribution in [0.1, 0.15) is 93.3 Å². The second-order valence-corrected chi connectivity index (χ2v) is 11.0. The zero-order valence-corrected chi connectivity index (χ0v) is 21.7. The summed E-state index contributed by atoms with van der Waals surface area (Å²) in [6.45, 7) is 5.29. The fourth-order valence-electron chi connectivity index (χ4n) is 5.24. The molecular formula is C27H44N4O3. The van der Waals surface area contributed by atoms with E-state index < -0.39 is 11.4 Å². The number of rotatable bonds is 8. The second kappa shape index (κ2) is 12.0. The van der Waals surface area contributed by atoms with Crippen molar-refractivity contribution in [1.82, 2.24) is 20.1 Å². The molecule has 1 fully saturated rings. The van der Waals surface area contributed by atoms with Crippen molar-refractivity contribution in [3.05, 3.63) is 33.2 Å². The van der Waals surface area contributed by atoms with E-state index in [4.69, 9.17) is 0 Å². The second-order valence-electron chi connectivity index (χ2n) is 11.0. The number of nitrogens with one attached hydrogen (secondary N) is 2. The maximum absolute atomic E-state index is 13.7. The van der Waals surface area contributed by atoms with E-state index in [1.165, 1.54) is 32.1 Å². The Morgan fingerprint density at radius 1 is 1.03 bits per heavy atom. The van der Waals surface area contributed by atoms with E-state index in [2.05, 4.69) is 10.6 Å². The van der Waals surface area contributed by atoms with E-state index in [1.54, 1.807) is 13.8 Å². The van der Waals surface area contributed by atoms with Gasteiger partial charge >= 0.3 is 0 Å². The first-order valence-electron chi connectivity index (χ1n) is 13.2. The summed E-state index contributed by atoms with van der Waals surface area (Å²) in [6.07, 6.45) is 12.4. The number of hydrogen-bond acceptors (Lipinski definition) is 4. The van der Waals surface area contributed by atoms with Gasteiger partial charge in [0, 0.05) is 25.3 Å². The van der Waals surface area contributed by atoms with Gasteiger partial charge in [-0.2, -0.15) is 0 Å². The molecule has 7 heteroatoms. The maximum atomic E-state index is 13.7. The van der Waals surface area contributed by atoms with Crippen LogP contribution in [0.5, 0.6) is 0 Å². The molecule has 2 amide bonds. The van der Waals surface area contributed by atoms with Crippen LogP contribution in [0.15, 0.2) is 10.9 Å². The van der Waals surface area contributed by atoms with Crippen LogP contribution in [0.2, 0.25) is 0 Å². The van der Waals surface area contributed by atoms with Crippen LogP contribution >= 0.6 is 0 Å². The Morgan fingerprint density at radius 3 is 2.35 bits per heavy atom. The molecule has 2 aliphatic carbocycles. The topological polar surface area (TPSA) is 83.4 Å². The number of amides is 2. The van der Waals surface area contributed by atoms with E-state index in [-0.39, 0.29) is 17.0 Å². The molecule has 0 bridgehead atoms. The van der Waals surface area contributed by atoms with Gasteiger partial charge < -0.3 is 20.1 Å². The number of nitrogens with zero attached hydrogens (tertiary/aromatic N) is 2. The van der Waals surface area contributed by atoms with E-state index >= 15 is 0 Å². The Morgan fingerprint density at radius 2 is 1.68 bits per heavy atom. The van der Waals surface area contributed by atoms with Gasteiger partial charge in [-0.1, -0.05) is 32.1 Å². The molecule has 0 atom stereocenters. The minimum absolute atomic E-state index is 0.171. The molecular weight excluding hydrogens is 428 g/mol. The van der Waals surface area contributed by atoms with Crippen molar-refractivity contribution in [2.75, 3.05) is 27.2 Å². The highest BCUT2D eigenvalue weighted by atomic mass is 16.2. The van der Waals surface area contributed by atoms with E-state index in [0.717, 1.165) is 49.8 Å². The minimum atomic E-state index is -1.12. The molecule has 0 radical (unpaired) electrons. The van der Waals surface area contributed by atoms with Crippen LogP contribution in [0.25, 0.3) is 0 Å². The largest absolute Gasteiger partial charge is 0.353 e. The van der Waals surface area contributed by atoms with Crippen LogP contribution in [0, 0.1) is 5.92 Å². The van der Waals surface area contributed by atoms with Gasteiger partial charge in [0.1, 0.15) is 11.1 Å². The highest BCUT2D eigenvalue weighted by Crippen LogP contribution is 2.27. The molecule has 2 aliphatic rings. The highest BCUT2D eigenvalue weighted by Gasteiger charge is 2.31. The van der Waals surface area contributed by atoms with Gasteiger partial charge in [0.25, 0.3) is 11.5 Å². The van der Waals surface area contributed by atoms with Crippen LogP contribution in [-0.2, 0) is 24.2 Å². The molecule has 0 aromatic carbocycles. The molecule has 1 aromatic heterocycles. The van der Waals surface area contributed by atoms with Gasteiger partial charge in [0.2, 0.25) is 5.91 Å². The SMILES string of the molecule is CN(C)CCNC(=O)C(C)(C)NC(=O)c1cc2c(n(CC3CCCCC3)c1=O)CCCCCC2. The Kier molecular flexibility index (Phi) is 9.34. The lowest BCUT2D eigenvalue weighted by atomic mass is 9.88. The van der Waals surface area contributed by atoms with Crippen molar-refractivity contribution in [2.24, 2.45) is 5.92 Å². The van der Waals surface area contributed by atoms with Crippen LogP contribution in [0.3, 0.4) is 0 Å². The monoisotopic (exact) mass is 472 g/mol. The van der Waals surface area contributed by atoms with Crippen LogP contribution in [-0.4, -0.2) is 54.0 Å². The Balaban J connectivity index is 1.86. The number of carbonyl (C=O) groups is 2. The van der Waals surface area contributed by atoms with Gasteiger partial charge in [-0.15, -0.1) is 0 Å². The molecule has 0 unspecified atom stereocenters. The lowest BCUT2D eigenvalue weighted by molar-refractivity contribution is -0.126. The standard InChI is InChI=1S/C27H44N4O3/c1-27(2,26(34)28-16-17-30(3)4)29-24(32)22-18-21-14-10-5-6-11-15-23(21)31(25(22)33)19-20-12-8-7-9-13-20/h18,20H,5-17,19H2,1-4H3,(H,28,34)(H,29,32). The molecule has 1 heterocycles. The first-order valence-corrected chi connectivity index (χ1v) is 13.2. The van der Waals surface area contributed by atoms with Gasteiger partial charge in [-0.05, 0) is 84.0 Å². The third-order valence-corrected chi connectivity index (χ3v) is 7.35. The summed E-state index contributed by atoms with van der Waals surface area (Å²) in [5, 5.41) is 5.72. The number of pyridine rings is 1. The van der Waals surface area contributed by atoms with Crippen molar-refractivity contribution in [3.8, 4) is 0 Å². The number of aryl methyl sites for hydroxylation is 1. The average molecular weight is 473 g/mol. The summed E-state index contributed by atoms with van der Waals surface area (Å²) in [6, 6.07) is 1.82. The Labute approximate surface area is 204 Å². The maximum Gasteiger partial charge on any atom is 0.263 e. The number of aromatic nitrogens is 1. The van der Waals surface area contributed by atoms with Gasteiger partial charge in [-0.3, -0.25) is 14.4 Å². The zero-order valence-electron chi connectivity index (χ0n) is 21.7. The summed E-state index contributed by atoms with van der Waals surface area (Å²) in [7, 11) is 3.88. The number of fused-ring (bicyclic) bond motifs is 1. The van der Waals surface area contributed by atoms with Crippen molar-refractivity contribution >= 4 is 11.8 Å².